The van der Waals surface area contributed by atoms with Crippen molar-refractivity contribution in [2.45, 2.75) is 4.90 Å². The zero-order chi connectivity index (χ0) is 20.4. The van der Waals surface area contributed by atoms with Gasteiger partial charge in [0.25, 0.3) is 5.91 Å². The molecule has 1 amide bonds. The van der Waals surface area contributed by atoms with E-state index in [-0.39, 0.29) is 23.9 Å². The number of rotatable bonds is 4. The van der Waals surface area contributed by atoms with Crippen LogP contribution in [0, 0.1) is 0 Å². The van der Waals surface area contributed by atoms with Crippen molar-refractivity contribution in [1.29, 1.82) is 0 Å². The number of hydrogen-bond acceptors (Lipinski definition) is 6. The summed E-state index contributed by atoms with van der Waals surface area (Å²) in [7, 11) is -3.61. The van der Waals surface area contributed by atoms with Gasteiger partial charge in [0, 0.05) is 36.8 Å². The Kier molecular flexibility index (Phi) is 5.31. The van der Waals surface area contributed by atoms with E-state index in [1.807, 2.05) is 0 Å². The van der Waals surface area contributed by atoms with E-state index >= 15 is 0 Å². The Labute approximate surface area is 172 Å². The van der Waals surface area contributed by atoms with E-state index in [2.05, 4.69) is 15.5 Å². The predicted octanol–water partition coefficient (Wildman–Crippen LogP) is 1.46. The molecule has 0 atom stereocenters. The first-order valence-corrected chi connectivity index (χ1v) is 10.7. The summed E-state index contributed by atoms with van der Waals surface area (Å²) in [6.07, 6.45) is 1.47. The van der Waals surface area contributed by atoms with Crippen molar-refractivity contribution >= 4 is 27.5 Å². The second-order valence-electron chi connectivity index (χ2n) is 6.45. The smallest absolute Gasteiger partial charge is 0.253 e. The van der Waals surface area contributed by atoms with Gasteiger partial charge in [-0.15, -0.1) is 5.10 Å². The number of carbonyl (C=O) groups excluding carboxylic acids is 1. The predicted molar refractivity (Wildman–Crippen MR) is 105 cm³/mol. The van der Waals surface area contributed by atoms with E-state index in [0.717, 1.165) is 5.69 Å². The summed E-state index contributed by atoms with van der Waals surface area (Å²) in [4.78, 5) is 14.6. The van der Waals surface area contributed by atoms with Crippen LogP contribution in [-0.4, -0.2) is 69.9 Å². The van der Waals surface area contributed by atoms with Crippen molar-refractivity contribution < 1.29 is 13.2 Å². The molecule has 0 aliphatic carbocycles. The van der Waals surface area contributed by atoms with Crippen LogP contribution in [0.5, 0.6) is 0 Å². The lowest BCUT2D eigenvalue weighted by Crippen LogP contribution is -2.50. The first-order chi connectivity index (χ1) is 13.9. The van der Waals surface area contributed by atoms with E-state index in [1.54, 1.807) is 41.3 Å². The Morgan fingerprint density at radius 1 is 0.931 bits per heavy atom. The molecule has 2 aromatic carbocycles. The fraction of sp³-hybridized carbons (Fsp3) is 0.222. The lowest BCUT2D eigenvalue weighted by atomic mass is 10.1. The molecule has 150 valence electrons. The summed E-state index contributed by atoms with van der Waals surface area (Å²) in [5, 5.41) is 11.4. The highest BCUT2D eigenvalue weighted by atomic mass is 35.5. The number of piperazine rings is 1. The molecule has 1 aliphatic heterocycles. The summed E-state index contributed by atoms with van der Waals surface area (Å²) >= 11 is 5.83. The lowest BCUT2D eigenvalue weighted by molar-refractivity contribution is 0.0698. The standard InChI is InChI=1S/C18H17ClN6O3S/c19-15-3-7-17(8-4-15)29(27,28)24-11-9-23(10-12-24)18(26)14-1-5-16(6-2-14)25-13-20-21-22-25/h1-8,13H,9-12H2. The SMILES string of the molecule is O=C(c1ccc(-n2cnnn2)cc1)N1CCN(S(=O)(=O)c2ccc(Cl)cc2)CC1. The van der Waals surface area contributed by atoms with E-state index in [1.165, 1.54) is 27.4 Å². The molecule has 1 aromatic heterocycles. The molecular weight excluding hydrogens is 416 g/mol. The molecule has 0 unspecified atom stereocenters. The molecule has 1 fully saturated rings. The van der Waals surface area contributed by atoms with Gasteiger partial charge in [-0.05, 0) is 59.0 Å². The monoisotopic (exact) mass is 432 g/mol. The van der Waals surface area contributed by atoms with Crippen molar-refractivity contribution in [3.63, 3.8) is 0 Å². The number of halogens is 1. The number of carbonyl (C=O) groups is 1. The zero-order valence-electron chi connectivity index (χ0n) is 15.2. The molecule has 1 saturated heterocycles. The number of hydrogen-bond donors (Lipinski definition) is 0. The summed E-state index contributed by atoms with van der Waals surface area (Å²) in [6.45, 7) is 1.11. The van der Waals surface area contributed by atoms with Crippen molar-refractivity contribution in [1.82, 2.24) is 29.4 Å². The van der Waals surface area contributed by atoms with Gasteiger partial charge in [-0.2, -0.15) is 4.31 Å². The van der Waals surface area contributed by atoms with Crippen LogP contribution >= 0.6 is 11.6 Å². The third kappa shape index (κ3) is 4.00. The molecular formula is C18H17ClN6O3S. The minimum Gasteiger partial charge on any atom is -0.336 e. The number of aromatic nitrogens is 4. The van der Waals surface area contributed by atoms with Gasteiger partial charge in [-0.1, -0.05) is 11.6 Å². The number of tetrazole rings is 1. The average molecular weight is 433 g/mol. The largest absolute Gasteiger partial charge is 0.336 e. The second kappa shape index (κ2) is 7.90. The van der Waals surface area contributed by atoms with Gasteiger partial charge >= 0.3 is 0 Å². The maximum atomic E-state index is 12.8. The van der Waals surface area contributed by atoms with Crippen LogP contribution in [0.2, 0.25) is 5.02 Å². The highest BCUT2D eigenvalue weighted by Gasteiger charge is 2.30. The van der Waals surface area contributed by atoms with Gasteiger partial charge in [0.05, 0.1) is 10.6 Å². The van der Waals surface area contributed by atoms with Crippen LogP contribution < -0.4 is 0 Å². The van der Waals surface area contributed by atoms with Crippen LogP contribution in [0.3, 0.4) is 0 Å². The number of sulfonamides is 1. The third-order valence-corrected chi connectivity index (χ3v) is 6.87. The van der Waals surface area contributed by atoms with Crippen molar-refractivity contribution in [2.75, 3.05) is 26.2 Å². The Bertz CT molecular complexity index is 1090. The lowest BCUT2D eigenvalue weighted by Gasteiger charge is -2.34. The normalized spacial score (nSPS) is 15.4. The van der Waals surface area contributed by atoms with Gasteiger partial charge in [0.2, 0.25) is 10.0 Å². The maximum Gasteiger partial charge on any atom is 0.253 e. The van der Waals surface area contributed by atoms with Crippen LogP contribution in [0.4, 0.5) is 0 Å². The Morgan fingerprint density at radius 3 is 2.17 bits per heavy atom. The Balaban J connectivity index is 1.41. The molecule has 3 aromatic rings. The fourth-order valence-electron chi connectivity index (χ4n) is 3.11. The molecule has 0 saturated carbocycles. The van der Waals surface area contributed by atoms with Crippen LogP contribution in [0.1, 0.15) is 10.4 Å². The van der Waals surface area contributed by atoms with Gasteiger partial charge < -0.3 is 4.90 Å². The molecule has 0 N–H and O–H groups in total. The first kappa shape index (κ1) is 19.5. The van der Waals surface area contributed by atoms with E-state index in [9.17, 15) is 13.2 Å². The van der Waals surface area contributed by atoms with E-state index < -0.39 is 10.0 Å². The summed E-state index contributed by atoms with van der Waals surface area (Å²) in [5.74, 6) is -0.142. The molecule has 0 bridgehead atoms. The number of amides is 1. The van der Waals surface area contributed by atoms with Crippen LogP contribution in [0.25, 0.3) is 5.69 Å². The Hall–Kier alpha value is -2.82. The van der Waals surface area contributed by atoms with Crippen molar-refractivity contribution in [2.24, 2.45) is 0 Å². The Morgan fingerprint density at radius 2 is 1.59 bits per heavy atom. The van der Waals surface area contributed by atoms with E-state index in [0.29, 0.717) is 23.7 Å². The fourth-order valence-corrected chi connectivity index (χ4v) is 4.65. The quantitative estimate of drug-likeness (QED) is 0.618. The molecule has 0 spiro atoms. The highest BCUT2D eigenvalue weighted by Crippen LogP contribution is 2.20. The van der Waals surface area contributed by atoms with Gasteiger partial charge in [0.15, 0.2) is 0 Å². The molecule has 2 heterocycles. The minimum absolute atomic E-state index is 0.142. The van der Waals surface area contributed by atoms with Gasteiger partial charge in [0.1, 0.15) is 6.33 Å². The molecule has 1 aliphatic rings. The minimum atomic E-state index is -3.61. The van der Waals surface area contributed by atoms with Crippen molar-refractivity contribution in [3.05, 3.63) is 65.4 Å². The average Bonchev–Trinajstić information content (AvgIpc) is 3.29. The second-order valence-corrected chi connectivity index (χ2v) is 8.83. The molecule has 11 heteroatoms. The molecule has 0 radical (unpaired) electrons. The number of nitrogens with zero attached hydrogens (tertiary/aromatic N) is 6. The molecule has 9 nitrogen and oxygen atoms in total. The van der Waals surface area contributed by atoms with Crippen molar-refractivity contribution in [3.8, 4) is 5.69 Å². The third-order valence-electron chi connectivity index (χ3n) is 4.71. The first-order valence-electron chi connectivity index (χ1n) is 8.83. The van der Waals surface area contributed by atoms with Gasteiger partial charge in [-0.25, -0.2) is 13.1 Å². The highest BCUT2D eigenvalue weighted by molar-refractivity contribution is 7.89. The van der Waals surface area contributed by atoms with E-state index in [4.69, 9.17) is 11.6 Å². The molecule has 29 heavy (non-hydrogen) atoms. The summed E-state index contributed by atoms with van der Waals surface area (Å²) in [5.41, 5.74) is 1.27. The van der Waals surface area contributed by atoms with Crippen LogP contribution in [-0.2, 0) is 10.0 Å². The van der Waals surface area contributed by atoms with Gasteiger partial charge in [-0.3, -0.25) is 4.79 Å². The maximum absolute atomic E-state index is 12.8. The number of benzene rings is 2. The zero-order valence-corrected chi connectivity index (χ0v) is 16.8. The summed E-state index contributed by atoms with van der Waals surface area (Å²) < 4.78 is 28.4. The summed E-state index contributed by atoms with van der Waals surface area (Å²) in [6, 6.07) is 13.0. The topological polar surface area (TPSA) is 101 Å². The van der Waals surface area contributed by atoms with Crippen LogP contribution in [0.15, 0.2) is 59.8 Å². The molecule has 4 rings (SSSR count).